The van der Waals surface area contributed by atoms with Crippen molar-refractivity contribution in [1.82, 2.24) is 14.9 Å². The minimum Gasteiger partial charge on any atom is -0.396 e. The van der Waals surface area contributed by atoms with Gasteiger partial charge in [-0.1, -0.05) is 37.9 Å². The largest absolute Gasteiger partial charge is 0.396 e. The minimum absolute atomic E-state index is 0.0911. The Morgan fingerprint density at radius 1 is 1.39 bits per heavy atom. The first kappa shape index (κ1) is 22.4. The number of rotatable bonds is 8. The number of hydrogen-bond acceptors (Lipinski definition) is 7. The van der Waals surface area contributed by atoms with Gasteiger partial charge in [-0.25, -0.2) is 9.97 Å². The molecule has 154 valence electrons. The summed E-state index contributed by atoms with van der Waals surface area (Å²) < 4.78 is 0. The normalized spacial score (nSPS) is 17.0. The number of thioether (sulfide) groups is 1. The van der Waals surface area contributed by atoms with Gasteiger partial charge in [-0.3, -0.25) is 9.59 Å². The molecule has 3 N–H and O–H groups in total. The summed E-state index contributed by atoms with van der Waals surface area (Å²) in [5.41, 5.74) is 6.88. The summed E-state index contributed by atoms with van der Waals surface area (Å²) in [6, 6.07) is 0. The molecule has 28 heavy (non-hydrogen) atoms. The molecule has 0 bridgehead atoms. The van der Waals surface area contributed by atoms with Crippen LogP contribution in [0.1, 0.15) is 63.8 Å². The Balaban J connectivity index is 2.23. The molecule has 2 rings (SSSR count). The third-order valence-corrected chi connectivity index (χ3v) is 6.75. The van der Waals surface area contributed by atoms with E-state index in [1.165, 1.54) is 11.3 Å². The van der Waals surface area contributed by atoms with Crippen molar-refractivity contribution in [3.05, 3.63) is 28.2 Å². The number of nitrogens with two attached hydrogens (primary N) is 1. The van der Waals surface area contributed by atoms with Crippen molar-refractivity contribution in [2.24, 2.45) is 5.41 Å². The number of hydrogen-bond donors (Lipinski definition) is 2. The highest BCUT2D eigenvalue weighted by Gasteiger charge is 2.35. The van der Waals surface area contributed by atoms with Crippen LogP contribution in [-0.2, 0) is 16.1 Å². The average molecular weight is 407 g/mol. The number of carbonyl (C=O) groups excluding carboxylic acids is 2. The second-order valence-electron chi connectivity index (χ2n) is 7.55. The summed E-state index contributed by atoms with van der Waals surface area (Å²) in [5, 5.41) is 9.60. The SMILES string of the molecule is C/C(=C(\CCO)SC(=O)C1(C)CCCCC1)N(C=O)Cc1cnc(C)nc1N. The van der Waals surface area contributed by atoms with Crippen molar-refractivity contribution in [2.75, 3.05) is 12.3 Å². The van der Waals surface area contributed by atoms with Crippen LogP contribution in [0.5, 0.6) is 0 Å². The monoisotopic (exact) mass is 406 g/mol. The molecule has 1 saturated carbocycles. The van der Waals surface area contributed by atoms with Crippen molar-refractivity contribution in [3.63, 3.8) is 0 Å². The Kier molecular flexibility index (Phi) is 8.00. The van der Waals surface area contributed by atoms with Crippen molar-refractivity contribution in [2.45, 2.75) is 65.8 Å². The predicted molar refractivity (Wildman–Crippen MR) is 111 cm³/mol. The van der Waals surface area contributed by atoms with Gasteiger partial charge in [0, 0.05) is 40.8 Å². The second kappa shape index (κ2) is 10.0. The van der Waals surface area contributed by atoms with Crippen LogP contribution in [0.4, 0.5) is 5.82 Å². The van der Waals surface area contributed by atoms with E-state index in [0.717, 1.165) is 37.4 Å². The highest BCUT2D eigenvalue weighted by atomic mass is 32.2. The fourth-order valence-corrected chi connectivity index (χ4v) is 4.52. The number of aryl methyl sites for hydroxylation is 1. The lowest BCUT2D eigenvalue weighted by Crippen LogP contribution is -2.28. The third-order valence-electron chi connectivity index (χ3n) is 5.33. The number of amides is 1. The van der Waals surface area contributed by atoms with Gasteiger partial charge in [0.05, 0.1) is 6.54 Å². The summed E-state index contributed by atoms with van der Waals surface area (Å²) in [5.74, 6) is 0.892. The Hall–Kier alpha value is -1.93. The van der Waals surface area contributed by atoms with Crippen molar-refractivity contribution in [3.8, 4) is 0 Å². The fourth-order valence-electron chi connectivity index (χ4n) is 3.39. The maximum atomic E-state index is 13.0. The van der Waals surface area contributed by atoms with Gasteiger partial charge in [-0.2, -0.15) is 0 Å². The lowest BCUT2D eigenvalue weighted by Gasteiger charge is -2.32. The zero-order valence-corrected chi connectivity index (χ0v) is 17.7. The van der Waals surface area contributed by atoms with E-state index in [4.69, 9.17) is 5.73 Å². The molecule has 7 nitrogen and oxygen atoms in total. The van der Waals surface area contributed by atoms with Crippen LogP contribution in [-0.4, -0.2) is 38.1 Å². The molecule has 1 heterocycles. The number of nitrogens with zero attached hydrogens (tertiary/aromatic N) is 3. The Bertz CT molecular complexity index is 745. The molecule has 0 spiro atoms. The molecule has 1 aromatic rings. The summed E-state index contributed by atoms with van der Waals surface area (Å²) in [6.45, 7) is 5.67. The van der Waals surface area contributed by atoms with E-state index in [0.29, 0.717) is 40.6 Å². The van der Waals surface area contributed by atoms with E-state index in [-0.39, 0.29) is 23.7 Å². The topological polar surface area (TPSA) is 109 Å². The van der Waals surface area contributed by atoms with Crippen LogP contribution < -0.4 is 5.73 Å². The lowest BCUT2D eigenvalue weighted by atomic mass is 9.77. The molecule has 0 aromatic carbocycles. The van der Waals surface area contributed by atoms with Gasteiger partial charge in [0.1, 0.15) is 11.6 Å². The minimum atomic E-state index is -0.342. The molecule has 0 unspecified atom stereocenters. The van der Waals surface area contributed by atoms with E-state index in [1.54, 1.807) is 20.0 Å². The number of nitrogen functional groups attached to an aromatic ring is 1. The maximum Gasteiger partial charge on any atom is 0.214 e. The molecule has 0 saturated heterocycles. The molecule has 8 heteroatoms. The summed E-state index contributed by atoms with van der Waals surface area (Å²) >= 11 is 1.16. The number of aromatic nitrogens is 2. The number of aliphatic hydroxyl groups is 1. The summed E-state index contributed by atoms with van der Waals surface area (Å²) in [7, 11) is 0. The molecular weight excluding hydrogens is 376 g/mol. The van der Waals surface area contributed by atoms with Crippen molar-refractivity contribution >= 4 is 29.1 Å². The van der Waals surface area contributed by atoms with E-state index in [2.05, 4.69) is 9.97 Å². The van der Waals surface area contributed by atoms with Crippen LogP contribution in [0.3, 0.4) is 0 Å². The van der Waals surface area contributed by atoms with E-state index < -0.39 is 0 Å². The highest BCUT2D eigenvalue weighted by molar-refractivity contribution is 8.17. The summed E-state index contributed by atoms with van der Waals surface area (Å²) in [6.07, 6.45) is 7.71. The first-order valence-corrected chi connectivity index (χ1v) is 10.4. The van der Waals surface area contributed by atoms with Gasteiger partial charge in [-0.05, 0) is 26.7 Å². The van der Waals surface area contributed by atoms with Crippen LogP contribution in [0.15, 0.2) is 16.8 Å². The van der Waals surface area contributed by atoms with Gasteiger partial charge in [-0.15, -0.1) is 0 Å². The van der Waals surface area contributed by atoms with Crippen LogP contribution >= 0.6 is 11.8 Å². The summed E-state index contributed by atoms with van der Waals surface area (Å²) in [4.78, 5) is 35.2. The Labute approximate surface area is 170 Å². The number of carbonyl (C=O) groups is 2. The van der Waals surface area contributed by atoms with E-state index in [1.807, 2.05) is 6.92 Å². The Morgan fingerprint density at radius 3 is 2.64 bits per heavy atom. The van der Waals surface area contributed by atoms with Crippen LogP contribution in [0, 0.1) is 12.3 Å². The molecule has 1 aliphatic carbocycles. The quantitative estimate of drug-likeness (QED) is 0.638. The second-order valence-corrected chi connectivity index (χ2v) is 8.62. The molecule has 1 fully saturated rings. The number of allylic oxidation sites excluding steroid dienone is 1. The fraction of sp³-hybridized carbons (Fsp3) is 0.600. The van der Waals surface area contributed by atoms with E-state index >= 15 is 0 Å². The van der Waals surface area contributed by atoms with Crippen molar-refractivity contribution in [1.29, 1.82) is 0 Å². The number of anilines is 1. The standard InChI is InChI=1S/C20H30N4O3S/c1-14(24(13-26)12-16-11-22-15(2)23-18(16)21)17(7-10-25)28-19(27)20(3)8-5-4-6-9-20/h11,13,25H,4-10,12H2,1-3H3,(H2,21,22,23)/b17-14-. The molecule has 1 amide bonds. The van der Waals surface area contributed by atoms with Gasteiger partial charge < -0.3 is 15.7 Å². The smallest absolute Gasteiger partial charge is 0.214 e. The van der Waals surface area contributed by atoms with Crippen LogP contribution in [0.2, 0.25) is 0 Å². The van der Waals surface area contributed by atoms with Crippen LogP contribution in [0.25, 0.3) is 0 Å². The molecule has 0 radical (unpaired) electrons. The van der Waals surface area contributed by atoms with E-state index in [9.17, 15) is 14.7 Å². The molecule has 1 aromatic heterocycles. The number of aliphatic hydroxyl groups excluding tert-OH is 1. The highest BCUT2D eigenvalue weighted by Crippen LogP contribution is 2.42. The average Bonchev–Trinajstić information content (AvgIpc) is 2.67. The van der Waals surface area contributed by atoms with Crippen molar-refractivity contribution < 1.29 is 14.7 Å². The first-order valence-electron chi connectivity index (χ1n) is 9.63. The maximum absolute atomic E-state index is 13.0. The van der Waals surface area contributed by atoms with Gasteiger partial charge >= 0.3 is 0 Å². The molecule has 0 aliphatic heterocycles. The Morgan fingerprint density at radius 2 is 2.07 bits per heavy atom. The molecule has 1 aliphatic rings. The van der Waals surface area contributed by atoms with Gasteiger partial charge in [0.15, 0.2) is 5.12 Å². The van der Waals surface area contributed by atoms with Gasteiger partial charge in [0.2, 0.25) is 6.41 Å². The lowest BCUT2D eigenvalue weighted by molar-refractivity contribution is -0.120. The third kappa shape index (κ3) is 5.54. The van der Waals surface area contributed by atoms with Gasteiger partial charge in [0.25, 0.3) is 0 Å². The first-order chi connectivity index (χ1) is 13.3. The zero-order valence-electron chi connectivity index (χ0n) is 16.9. The molecule has 0 atom stereocenters. The predicted octanol–water partition coefficient (Wildman–Crippen LogP) is 3.17. The molecular formula is C20H30N4O3S. The zero-order chi connectivity index (χ0) is 20.7.